The molecule has 1 aliphatic rings. The molecule has 0 spiro atoms. The Labute approximate surface area is 57.4 Å². The Bertz CT molecular complexity index is 82.9. The van der Waals surface area contributed by atoms with Gasteiger partial charge in [-0.05, 0) is 19.8 Å². The summed E-state index contributed by atoms with van der Waals surface area (Å²) in [5, 5.41) is 4.59. The summed E-state index contributed by atoms with van der Waals surface area (Å²) in [5.41, 5.74) is 0. The molecule has 9 heavy (non-hydrogen) atoms. The molecular formula is C7H16N2. The molecule has 1 fully saturated rings. The highest BCUT2D eigenvalue weighted by atomic mass is 15.6. The Morgan fingerprint density at radius 3 is 2.44 bits per heavy atom. The van der Waals surface area contributed by atoms with E-state index < -0.39 is 0 Å². The summed E-state index contributed by atoms with van der Waals surface area (Å²) < 4.78 is 0. The lowest BCUT2D eigenvalue weighted by Gasteiger charge is -2.38. The summed E-state index contributed by atoms with van der Waals surface area (Å²) >= 11 is 0. The second-order valence-electron chi connectivity index (χ2n) is 2.95. The summed E-state index contributed by atoms with van der Waals surface area (Å²) in [6.45, 7) is 3.50. The van der Waals surface area contributed by atoms with Crippen molar-refractivity contribution in [3.8, 4) is 0 Å². The second kappa shape index (κ2) is 2.67. The molecule has 0 amide bonds. The quantitative estimate of drug-likeness (QED) is 0.479. The van der Waals surface area contributed by atoms with Crippen molar-refractivity contribution in [1.82, 2.24) is 10.0 Å². The highest BCUT2D eigenvalue weighted by Crippen LogP contribution is 2.12. The third-order valence-corrected chi connectivity index (χ3v) is 2.28. The van der Waals surface area contributed by atoms with E-state index in [1.165, 1.54) is 19.4 Å². The first-order valence-corrected chi connectivity index (χ1v) is 3.65. The van der Waals surface area contributed by atoms with Crippen LogP contribution in [0.5, 0.6) is 0 Å². The summed E-state index contributed by atoms with van der Waals surface area (Å²) in [5.74, 6) is 0. The van der Waals surface area contributed by atoms with Gasteiger partial charge in [0.2, 0.25) is 0 Å². The highest BCUT2D eigenvalue weighted by Gasteiger charge is 2.17. The Morgan fingerprint density at radius 2 is 2.00 bits per heavy atom. The average molecular weight is 128 g/mol. The van der Waals surface area contributed by atoms with Crippen molar-refractivity contribution in [2.24, 2.45) is 0 Å². The van der Waals surface area contributed by atoms with Crippen LogP contribution >= 0.6 is 0 Å². The van der Waals surface area contributed by atoms with Crippen molar-refractivity contribution >= 4 is 0 Å². The van der Waals surface area contributed by atoms with Crippen LogP contribution in [0.15, 0.2) is 0 Å². The highest BCUT2D eigenvalue weighted by molar-refractivity contribution is 4.66. The van der Waals surface area contributed by atoms with E-state index in [4.69, 9.17) is 0 Å². The van der Waals surface area contributed by atoms with Crippen molar-refractivity contribution in [2.75, 3.05) is 20.6 Å². The van der Waals surface area contributed by atoms with Gasteiger partial charge in [-0.1, -0.05) is 0 Å². The zero-order valence-electron chi connectivity index (χ0n) is 6.59. The summed E-state index contributed by atoms with van der Waals surface area (Å²) in [7, 11) is 4.31. The zero-order valence-corrected chi connectivity index (χ0v) is 6.59. The lowest BCUT2D eigenvalue weighted by Crippen LogP contribution is -2.46. The van der Waals surface area contributed by atoms with E-state index in [1.54, 1.807) is 0 Å². The van der Waals surface area contributed by atoms with Crippen molar-refractivity contribution in [2.45, 2.75) is 25.8 Å². The Kier molecular flexibility index (Phi) is 2.09. The first kappa shape index (κ1) is 7.03. The van der Waals surface area contributed by atoms with Gasteiger partial charge in [-0.15, -0.1) is 0 Å². The second-order valence-corrected chi connectivity index (χ2v) is 2.95. The summed E-state index contributed by atoms with van der Waals surface area (Å²) in [4.78, 5) is 0. The van der Waals surface area contributed by atoms with E-state index in [0.29, 0.717) is 0 Å². The van der Waals surface area contributed by atoms with E-state index in [0.717, 1.165) is 6.04 Å². The van der Waals surface area contributed by atoms with Crippen LogP contribution in [0.1, 0.15) is 19.8 Å². The standard InChI is InChI=1S/C7H16N2/c1-7-5-4-6-8(2)9(7)3/h7H,4-6H2,1-3H3/t7-/m1/s1. The molecule has 1 aliphatic heterocycles. The first-order valence-electron chi connectivity index (χ1n) is 3.65. The van der Waals surface area contributed by atoms with E-state index in [9.17, 15) is 0 Å². The summed E-state index contributed by atoms with van der Waals surface area (Å²) in [6.07, 6.45) is 2.70. The van der Waals surface area contributed by atoms with Gasteiger partial charge >= 0.3 is 0 Å². The molecule has 0 saturated carbocycles. The molecule has 0 bridgehead atoms. The summed E-state index contributed by atoms with van der Waals surface area (Å²) in [6, 6.07) is 0.740. The van der Waals surface area contributed by atoms with Gasteiger partial charge in [0.05, 0.1) is 0 Å². The van der Waals surface area contributed by atoms with Gasteiger partial charge in [0, 0.05) is 26.7 Å². The van der Waals surface area contributed by atoms with Gasteiger partial charge in [0.25, 0.3) is 0 Å². The topological polar surface area (TPSA) is 6.48 Å². The number of hydrazine groups is 1. The van der Waals surface area contributed by atoms with Crippen LogP contribution in [0, 0.1) is 0 Å². The number of hydrogen-bond donors (Lipinski definition) is 0. The Balaban J connectivity index is 2.41. The fourth-order valence-corrected chi connectivity index (χ4v) is 1.30. The third kappa shape index (κ3) is 1.43. The lowest BCUT2D eigenvalue weighted by molar-refractivity contribution is -0.0397. The van der Waals surface area contributed by atoms with E-state index in [1.807, 2.05) is 0 Å². The predicted octanol–water partition coefficient (Wildman–Crippen LogP) is 0.947. The van der Waals surface area contributed by atoms with Crippen molar-refractivity contribution in [3.63, 3.8) is 0 Å². The van der Waals surface area contributed by atoms with Crippen LogP contribution in [0.4, 0.5) is 0 Å². The fraction of sp³-hybridized carbons (Fsp3) is 1.00. The molecule has 2 heteroatoms. The predicted molar refractivity (Wildman–Crippen MR) is 39.1 cm³/mol. The van der Waals surface area contributed by atoms with Crippen LogP contribution in [0.3, 0.4) is 0 Å². The van der Waals surface area contributed by atoms with E-state index in [2.05, 4.69) is 31.0 Å². The van der Waals surface area contributed by atoms with Crippen LogP contribution in [0.2, 0.25) is 0 Å². The number of nitrogens with zero attached hydrogens (tertiary/aromatic N) is 2. The smallest absolute Gasteiger partial charge is 0.0214 e. The monoisotopic (exact) mass is 128 g/mol. The molecule has 1 atom stereocenters. The molecule has 0 aromatic rings. The maximum Gasteiger partial charge on any atom is 0.0214 e. The molecule has 0 aliphatic carbocycles. The Hall–Kier alpha value is -0.0800. The first-order chi connectivity index (χ1) is 4.22. The van der Waals surface area contributed by atoms with Gasteiger partial charge in [-0.3, -0.25) is 0 Å². The average Bonchev–Trinajstić information content (AvgIpc) is 1.83. The van der Waals surface area contributed by atoms with Crippen LogP contribution in [-0.4, -0.2) is 36.7 Å². The minimum absolute atomic E-state index is 0.740. The van der Waals surface area contributed by atoms with Crippen LogP contribution in [-0.2, 0) is 0 Å². The van der Waals surface area contributed by atoms with Crippen LogP contribution in [0.25, 0.3) is 0 Å². The third-order valence-electron chi connectivity index (χ3n) is 2.28. The number of rotatable bonds is 0. The maximum atomic E-state index is 2.31. The molecule has 1 saturated heterocycles. The normalized spacial score (nSPS) is 33.0. The van der Waals surface area contributed by atoms with Gasteiger partial charge < -0.3 is 0 Å². The molecule has 0 unspecified atom stereocenters. The van der Waals surface area contributed by atoms with E-state index >= 15 is 0 Å². The molecule has 0 N–H and O–H groups in total. The van der Waals surface area contributed by atoms with Crippen molar-refractivity contribution in [1.29, 1.82) is 0 Å². The SMILES string of the molecule is C[C@@H]1CCCN(C)N1C. The van der Waals surface area contributed by atoms with Gasteiger partial charge in [-0.25, -0.2) is 10.0 Å². The Morgan fingerprint density at radius 1 is 1.33 bits per heavy atom. The van der Waals surface area contributed by atoms with Crippen molar-refractivity contribution in [3.05, 3.63) is 0 Å². The molecule has 0 aromatic carbocycles. The fourth-order valence-electron chi connectivity index (χ4n) is 1.30. The maximum absolute atomic E-state index is 2.31. The largest absolute Gasteiger partial charge is 0.245 e. The van der Waals surface area contributed by atoms with Gasteiger partial charge in [0.15, 0.2) is 0 Å². The molecular weight excluding hydrogens is 112 g/mol. The van der Waals surface area contributed by atoms with Crippen molar-refractivity contribution < 1.29 is 0 Å². The molecule has 2 nitrogen and oxygen atoms in total. The minimum Gasteiger partial charge on any atom is -0.245 e. The molecule has 0 aromatic heterocycles. The minimum atomic E-state index is 0.740. The van der Waals surface area contributed by atoms with E-state index in [-0.39, 0.29) is 0 Å². The molecule has 0 radical (unpaired) electrons. The molecule has 1 rings (SSSR count). The van der Waals surface area contributed by atoms with Gasteiger partial charge in [0.1, 0.15) is 0 Å². The lowest BCUT2D eigenvalue weighted by atomic mass is 10.1. The van der Waals surface area contributed by atoms with Crippen LogP contribution < -0.4 is 0 Å². The molecule has 54 valence electrons. The number of hydrogen-bond acceptors (Lipinski definition) is 2. The molecule has 1 heterocycles. The zero-order chi connectivity index (χ0) is 6.85. The van der Waals surface area contributed by atoms with Gasteiger partial charge in [-0.2, -0.15) is 0 Å².